The average molecular weight is 341 g/mol. The molecule has 0 aliphatic carbocycles. The van der Waals surface area contributed by atoms with Gasteiger partial charge in [0.25, 0.3) is 0 Å². The van der Waals surface area contributed by atoms with Crippen LogP contribution in [-0.2, 0) is 0 Å². The molecular weight excluding hydrogens is 323 g/mol. The first-order valence-electron chi connectivity index (χ1n) is 7.54. The zero-order valence-corrected chi connectivity index (χ0v) is 13.1. The summed E-state index contributed by atoms with van der Waals surface area (Å²) >= 11 is 0. The Balaban J connectivity index is 1.95. The number of carbonyl (C=O) groups is 1. The third-order valence-electron chi connectivity index (χ3n) is 4.22. The Hall–Kier alpha value is -2.27. The van der Waals surface area contributed by atoms with E-state index < -0.39 is 24.2 Å². The first kappa shape index (κ1) is 18.1. The van der Waals surface area contributed by atoms with Crippen molar-refractivity contribution >= 4 is 11.7 Å². The number of hydrogen-bond donors (Lipinski definition) is 2. The second kappa shape index (κ2) is 7.09. The van der Waals surface area contributed by atoms with Gasteiger partial charge in [-0.15, -0.1) is 0 Å². The zero-order chi connectivity index (χ0) is 17.9. The van der Waals surface area contributed by atoms with Gasteiger partial charge in [0.2, 0.25) is 0 Å². The smallest absolute Gasteiger partial charge is 0.383 e. The molecule has 0 saturated carbocycles. The lowest BCUT2D eigenvalue weighted by molar-refractivity contribution is -0.222. The van der Waals surface area contributed by atoms with Crippen LogP contribution in [0, 0.1) is 24.2 Å². The van der Waals surface area contributed by atoms with Crippen molar-refractivity contribution in [1.29, 1.82) is 5.26 Å². The summed E-state index contributed by atoms with van der Waals surface area (Å²) in [5.41, 5.74) is 1.68. The van der Waals surface area contributed by atoms with Gasteiger partial charge in [-0.2, -0.15) is 18.4 Å². The van der Waals surface area contributed by atoms with Crippen LogP contribution in [0.3, 0.4) is 0 Å². The van der Waals surface area contributed by atoms with Crippen LogP contribution < -0.4 is 5.32 Å². The second-order valence-corrected chi connectivity index (χ2v) is 5.88. The van der Waals surface area contributed by atoms with Gasteiger partial charge < -0.3 is 15.3 Å². The number of nitrogens with zero attached hydrogens (tertiary/aromatic N) is 2. The molecule has 1 aromatic carbocycles. The highest BCUT2D eigenvalue weighted by molar-refractivity contribution is 5.90. The first-order chi connectivity index (χ1) is 11.2. The zero-order valence-electron chi connectivity index (χ0n) is 13.1. The van der Waals surface area contributed by atoms with Crippen molar-refractivity contribution < 1.29 is 23.1 Å². The van der Waals surface area contributed by atoms with E-state index >= 15 is 0 Å². The van der Waals surface area contributed by atoms with Crippen LogP contribution in [0.2, 0.25) is 0 Å². The Labute approximate surface area is 137 Å². The van der Waals surface area contributed by atoms with E-state index in [1.165, 1.54) is 4.90 Å². The molecule has 1 aliphatic rings. The number of piperidine rings is 1. The predicted octanol–water partition coefficient (Wildman–Crippen LogP) is 3.03. The Morgan fingerprint density at radius 3 is 2.58 bits per heavy atom. The third-order valence-corrected chi connectivity index (χ3v) is 4.22. The van der Waals surface area contributed by atoms with Gasteiger partial charge in [-0.3, -0.25) is 0 Å². The van der Waals surface area contributed by atoms with E-state index in [-0.39, 0.29) is 25.9 Å². The summed E-state index contributed by atoms with van der Waals surface area (Å²) in [6, 6.07) is 6.45. The summed E-state index contributed by atoms with van der Waals surface area (Å²) in [6.07, 6.45) is -6.81. The number of alkyl halides is 3. The Morgan fingerprint density at radius 2 is 2.04 bits per heavy atom. The van der Waals surface area contributed by atoms with Crippen LogP contribution >= 0.6 is 0 Å². The normalized spacial score (nSPS) is 17.2. The Bertz CT molecular complexity index is 647. The van der Waals surface area contributed by atoms with Crippen LogP contribution in [0.25, 0.3) is 0 Å². The minimum atomic E-state index is -4.63. The summed E-state index contributed by atoms with van der Waals surface area (Å²) in [7, 11) is 0. The number of anilines is 1. The third kappa shape index (κ3) is 4.17. The number of rotatable bonds is 2. The molecule has 24 heavy (non-hydrogen) atoms. The Morgan fingerprint density at radius 1 is 1.42 bits per heavy atom. The summed E-state index contributed by atoms with van der Waals surface area (Å²) in [5, 5.41) is 20.9. The van der Waals surface area contributed by atoms with Gasteiger partial charge in [0.1, 0.15) is 0 Å². The topological polar surface area (TPSA) is 76.4 Å². The van der Waals surface area contributed by atoms with E-state index in [1.807, 2.05) is 6.07 Å². The number of aliphatic hydroxyl groups is 1. The molecular formula is C16H18F3N3O2. The molecule has 1 aliphatic heterocycles. The van der Waals surface area contributed by atoms with E-state index in [1.54, 1.807) is 25.1 Å². The molecule has 0 spiro atoms. The van der Waals surface area contributed by atoms with Gasteiger partial charge in [-0.1, -0.05) is 6.07 Å². The van der Waals surface area contributed by atoms with Gasteiger partial charge in [0.15, 0.2) is 6.10 Å². The number of nitrogens with one attached hydrogen (secondary N) is 1. The fourth-order valence-electron chi connectivity index (χ4n) is 2.71. The van der Waals surface area contributed by atoms with Gasteiger partial charge in [0.05, 0.1) is 11.6 Å². The molecule has 2 N–H and O–H groups in total. The van der Waals surface area contributed by atoms with Crippen molar-refractivity contribution in [3.05, 3.63) is 29.3 Å². The van der Waals surface area contributed by atoms with E-state index in [0.29, 0.717) is 11.3 Å². The lowest BCUT2D eigenvalue weighted by Crippen LogP contribution is -2.46. The summed E-state index contributed by atoms with van der Waals surface area (Å²) in [6.45, 7) is 2.06. The van der Waals surface area contributed by atoms with Crippen molar-refractivity contribution in [3.63, 3.8) is 0 Å². The van der Waals surface area contributed by atoms with Crippen molar-refractivity contribution in [1.82, 2.24) is 4.90 Å². The van der Waals surface area contributed by atoms with Crippen LogP contribution in [0.1, 0.15) is 24.0 Å². The molecule has 2 rings (SSSR count). The van der Waals surface area contributed by atoms with E-state index in [9.17, 15) is 23.1 Å². The van der Waals surface area contributed by atoms with Gasteiger partial charge in [-0.05, 0) is 43.4 Å². The van der Waals surface area contributed by atoms with Gasteiger partial charge in [-0.25, -0.2) is 4.79 Å². The molecule has 0 radical (unpaired) electrons. The summed E-state index contributed by atoms with van der Waals surface area (Å²) < 4.78 is 37.6. The fraction of sp³-hybridized carbons (Fsp3) is 0.500. The molecule has 1 aromatic rings. The highest BCUT2D eigenvalue weighted by atomic mass is 19.4. The number of halogens is 3. The minimum absolute atomic E-state index is 0.0886. The molecule has 0 aromatic heterocycles. The number of carbonyl (C=O) groups excluding carboxylic acids is 1. The van der Waals surface area contributed by atoms with Crippen LogP contribution in [-0.4, -0.2) is 41.4 Å². The number of likely N-dealkylation sites (tertiary alicyclic amines) is 1. The average Bonchev–Trinajstić information content (AvgIpc) is 2.55. The largest absolute Gasteiger partial charge is 0.414 e. The number of aryl methyl sites for hydroxylation is 1. The number of hydrogen-bond acceptors (Lipinski definition) is 3. The van der Waals surface area contributed by atoms with E-state index in [4.69, 9.17) is 5.26 Å². The minimum Gasteiger partial charge on any atom is -0.383 e. The second-order valence-electron chi connectivity index (χ2n) is 5.88. The number of amides is 2. The van der Waals surface area contributed by atoms with Gasteiger partial charge in [0, 0.05) is 18.8 Å². The number of benzene rings is 1. The van der Waals surface area contributed by atoms with E-state index in [0.717, 1.165) is 5.56 Å². The molecule has 1 unspecified atom stereocenters. The number of nitriles is 1. The van der Waals surface area contributed by atoms with Gasteiger partial charge >= 0.3 is 12.2 Å². The van der Waals surface area contributed by atoms with E-state index in [2.05, 4.69) is 5.32 Å². The number of aliphatic hydroxyl groups excluding tert-OH is 1. The Kier molecular flexibility index (Phi) is 5.34. The monoisotopic (exact) mass is 341 g/mol. The highest BCUT2D eigenvalue weighted by Crippen LogP contribution is 2.31. The molecule has 2 amide bonds. The lowest BCUT2D eigenvalue weighted by Gasteiger charge is -2.34. The van der Waals surface area contributed by atoms with Crippen LogP contribution in [0.15, 0.2) is 18.2 Å². The van der Waals surface area contributed by atoms with Crippen molar-refractivity contribution in [2.75, 3.05) is 18.4 Å². The van der Waals surface area contributed by atoms with Crippen LogP contribution in [0.5, 0.6) is 0 Å². The molecule has 1 fully saturated rings. The maximum Gasteiger partial charge on any atom is 0.414 e. The molecule has 8 heteroatoms. The fourth-order valence-corrected chi connectivity index (χ4v) is 2.71. The molecule has 130 valence electrons. The maximum atomic E-state index is 12.5. The van der Waals surface area contributed by atoms with Crippen LogP contribution in [0.4, 0.5) is 23.7 Å². The highest BCUT2D eigenvalue weighted by Gasteiger charge is 2.44. The summed E-state index contributed by atoms with van der Waals surface area (Å²) in [5.74, 6) is -0.891. The maximum absolute atomic E-state index is 12.5. The number of urea groups is 1. The first-order valence-corrected chi connectivity index (χ1v) is 7.54. The SMILES string of the molecule is Cc1ccc(C#N)cc1NC(=O)N1CCC(C(O)C(F)(F)F)CC1. The van der Waals surface area contributed by atoms with Crippen molar-refractivity contribution in [2.24, 2.45) is 5.92 Å². The van der Waals surface area contributed by atoms with Crippen molar-refractivity contribution in [2.45, 2.75) is 32.0 Å². The quantitative estimate of drug-likeness (QED) is 0.868. The van der Waals surface area contributed by atoms with Crippen molar-refractivity contribution in [3.8, 4) is 6.07 Å². The molecule has 1 saturated heterocycles. The molecule has 0 bridgehead atoms. The lowest BCUT2D eigenvalue weighted by atomic mass is 9.91. The standard InChI is InChI=1S/C16H18F3N3O2/c1-10-2-3-11(9-20)8-13(10)21-15(24)22-6-4-12(5-7-22)14(23)16(17,18)19/h2-3,8,12,14,23H,4-7H2,1H3,(H,21,24). The molecule has 5 nitrogen and oxygen atoms in total. The molecule has 1 heterocycles. The summed E-state index contributed by atoms with van der Waals surface area (Å²) in [4.78, 5) is 13.7. The molecule has 1 atom stereocenters. The predicted molar refractivity (Wildman–Crippen MR) is 81.3 cm³/mol.